The van der Waals surface area contributed by atoms with Gasteiger partial charge in [0.1, 0.15) is 0 Å². The smallest absolute Gasteiger partial charge is 0.163 e. The molecule has 1 aliphatic carbocycles. The summed E-state index contributed by atoms with van der Waals surface area (Å²) in [5.41, 5.74) is 8.80. The molecule has 0 saturated heterocycles. The average molecular weight is 395 g/mol. The molecule has 1 aliphatic heterocycles. The molecular formula is C27H26N2O. The fourth-order valence-corrected chi connectivity index (χ4v) is 4.71. The van der Waals surface area contributed by atoms with E-state index in [1.54, 1.807) is 0 Å². The maximum absolute atomic E-state index is 13.5. The van der Waals surface area contributed by atoms with Gasteiger partial charge in [-0.2, -0.15) is 0 Å². The number of carbonyl (C=O) groups is 1. The van der Waals surface area contributed by atoms with Gasteiger partial charge in [-0.05, 0) is 55.0 Å². The van der Waals surface area contributed by atoms with Gasteiger partial charge < -0.3 is 10.6 Å². The molecule has 2 aliphatic rings. The number of para-hydroxylation sites is 2. The van der Waals surface area contributed by atoms with Crippen LogP contribution < -0.4 is 10.6 Å². The van der Waals surface area contributed by atoms with E-state index in [4.69, 9.17) is 0 Å². The van der Waals surface area contributed by atoms with Crippen LogP contribution in [0, 0.1) is 13.8 Å². The summed E-state index contributed by atoms with van der Waals surface area (Å²) in [5, 5.41) is 7.29. The van der Waals surface area contributed by atoms with Crippen molar-refractivity contribution in [2.24, 2.45) is 0 Å². The molecule has 5 rings (SSSR count). The van der Waals surface area contributed by atoms with Gasteiger partial charge in [-0.15, -0.1) is 0 Å². The minimum Gasteiger partial charge on any atom is -0.372 e. The van der Waals surface area contributed by atoms with Crippen LogP contribution >= 0.6 is 0 Å². The van der Waals surface area contributed by atoms with E-state index in [0.29, 0.717) is 6.42 Å². The Morgan fingerprint density at radius 1 is 0.800 bits per heavy atom. The monoisotopic (exact) mass is 394 g/mol. The number of anilines is 2. The normalized spacial score (nSPS) is 20.5. The molecule has 1 heterocycles. The van der Waals surface area contributed by atoms with Crippen molar-refractivity contribution in [1.29, 1.82) is 0 Å². The van der Waals surface area contributed by atoms with Crippen molar-refractivity contribution < 1.29 is 4.79 Å². The number of carbonyl (C=O) groups excluding carboxylic acids is 1. The number of Topliss-reactive ketones (excluding diaryl/α,β-unsaturated/α-hetero) is 1. The maximum atomic E-state index is 13.5. The minimum absolute atomic E-state index is 0.149. The van der Waals surface area contributed by atoms with Crippen molar-refractivity contribution in [3.63, 3.8) is 0 Å². The molecule has 3 heteroatoms. The molecule has 2 atom stereocenters. The number of nitrogens with one attached hydrogen (secondary N) is 2. The van der Waals surface area contributed by atoms with Gasteiger partial charge >= 0.3 is 0 Å². The summed E-state index contributed by atoms with van der Waals surface area (Å²) in [6.07, 6.45) is 1.38. The molecule has 0 aromatic heterocycles. The Hall–Kier alpha value is -3.33. The van der Waals surface area contributed by atoms with E-state index in [-0.39, 0.29) is 17.7 Å². The summed E-state index contributed by atoms with van der Waals surface area (Å²) >= 11 is 0. The molecule has 0 fully saturated rings. The zero-order valence-electron chi connectivity index (χ0n) is 17.4. The Bertz CT molecular complexity index is 1140. The van der Waals surface area contributed by atoms with Crippen molar-refractivity contribution in [2.75, 3.05) is 10.6 Å². The molecule has 3 nitrogen and oxygen atoms in total. The molecule has 0 spiro atoms. The Balaban J connectivity index is 1.62. The molecule has 0 radical (unpaired) electrons. The third-order valence-corrected chi connectivity index (χ3v) is 6.36. The molecular weight excluding hydrogens is 368 g/mol. The standard InChI is InChI=1S/C27H26N2O/c1-17-11-13-19(14-12-17)20-15-24-26(25(30)16-20)27(21-8-4-3-7-18(21)2)29-23-10-6-5-9-22(23)28-24/h3-14,20,27-29H,15-16H2,1-2H3/t20-,27-/m1/s1. The Morgan fingerprint density at radius 2 is 1.50 bits per heavy atom. The molecule has 0 unspecified atom stereocenters. The predicted octanol–water partition coefficient (Wildman–Crippen LogP) is 6.28. The fourth-order valence-electron chi connectivity index (χ4n) is 4.71. The van der Waals surface area contributed by atoms with Crippen molar-refractivity contribution in [3.8, 4) is 0 Å². The third-order valence-electron chi connectivity index (χ3n) is 6.36. The number of rotatable bonds is 2. The van der Waals surface area contributed by atoms with Crippen LogP contribution in [0.4, 0.5) is 11.4 Å². The van der Waals surface area contributed by atoms with Crippen molar-refractivity contribution in [1.82, 2.24) is 0 Å². The second-order valence-electron chi connectivity index (χ2n) is 8.44. The van der Waals surface area contributed by atoms with Crippen LogP contribution in [0.25, 0.3) is 0 Å². The fraction of sp³-hybridized carbons (Fsp3) is 0.222. The topological polar surface area (TPSA) is 41.1 Å². The quantitative estimate of drug-likeness (QED) is 0.537. The van der Waals surface area contributed by atoms with Crippen LogP contribution in [0.15, 0.2) is 84.1 Å². The van der Waals surface area contributed by atoms with Gasteiger partial charge in [0.15, 0.2) is 5.78 Å². The van der Waals surface area contributed by atoms with Gasteiger partial charge in [0.25, 0.3) is 0 Å². The Morgan fingerprint density at radius 3 is 2.27 bits per heavy atom. The average Bonchev–Trinajstić information content (AvgIpc) is 2.91. The molecule has 3 aromatic carbocycles. The number of hydrogen-bond donors (Lipinski definition) is 2. The Labute approximate surface area is 177 Å². The zero-order valence-corrected chi connectivity index (χ0v) is 17.4. The highest BCUT2D eigenvalue weighted by atomic mass is 16.1. The van der Waals surface area contributed by atoms with Crippen LogP contribution in [0.1, 0.15) is 47.1 Å². The van der Waals surface area contributed by atoms with Gasteiger partial charge in [0.2, 0.25) is 0 Å². The highest BCUT2D eigenvalue weighted by molar-refractivity contribution is 6.01. The number of allylic oxidation sites excluding steroid dienone is 1. The van der Waals surface area contributed by atoms with Crippen LogP contribution in [0.3, 0.4) is 0 Å². The van der Waals surface area contributed by atoms with Crippen LogP contribution in [0.5, 0.6) is 0 Å². The largest absolute Gasteiger partial charge is 0.372 e. The Kier molecular flexibility index (Phi) is 4.66. The van der Waals surface area contributed by atoms with Gasteiger partial charge in [-0.25, -0.2) is 0 Å². The molecule has 2 N–H and O–H groups in total. The number of fused-ring (bicyclic) bond motifs is 1. The number of benzene rings is 3. The SMILES string of the molecule is Cc1ccc([C@H]2CC(=O)C3=C(C2)Nc2ccccc2N[C@@H]3c2ccccc2C)cc1. The number of aryl methyl sites for hydroxylation is 2. The van der Waals surface area contributed by atoms with E-state index in [2.05, 4.69) is 79.1 Å². The predicted molar refractivity (Wildman–Crippen MR) is 123 cm³/mol. The second-order valence-corrected chi connectivity index (χ2v) is 8.44. The van der Waals surface area contributed by atoms with Gasteiger partial charge in [-0.3, -0.25) is 4.79 Å². The minimum atomic E-state index is -0.149. The molecule has 0 saturated carbocycles. The number of hydrogen-bond acceptors (Lipinski definition) is 3. The summed E-state index contributed by atoms with van der Waals surface area (Å²) in [4.78, 5) is 13.5. The van der Waals surface area contributed by atoms with Crippen molar-refractivity contribution in [2.45, 2.75) is 38.6 Å². The van der Waals surface area contributed by atoms with Gasteiger partial charge in [0, 0.05) is 17.7 Å². The number of ketones is 1. The molecule has 0 bridgehead atoms. The first-order valence-electron chi connectivity index (χ1n) is 10.6. The maximum Gasteiger partial charge on any atom is 0.163 e. The van der Waals surface area contributed by atoms with E-state index in [1.165, 1.54) is 16.7 Å². The first-order valence-corrected chi connectivity index (χ1v) is 10.6. The first-order chi connectivity index (χ1) is 14.6. The molecule has 0 amide bonds. The summed E-state index contributed by atoms with van der Waals surface area (Å²) in [5.74, 6) is 0.426. The first kappa shape index (κ1) is 18.7. The summed E-state index contributed by atoms with van der Waals surface area (Å²) in [6, 6.07) is 25.0. The summed E-state index contributed by atoms with van der Waals surface area (Å²) in [6.45, 7) is 4.21. The van der Waals surface area contributed by atoms with Crippen molar-refractivity contribution >= 4 is 17.2 Å². The summed E-state index contributed by atoms with van der Waals surface area (Å²) < 4.78 is 0. The zero-order chi connectivity index (χ0) is 20.7. The van der Waals surface area contributed by atoms with Crippen LogP contribution in [0.2, 0.25) is 0 Å². The molecule has 3 aromatic rings. The lowest BCUT2D eigenvalue weighted by Gasteiger charge is -2.30. The highest BCUT2D eigenvalue weighted by Crippen LogP contribution is 2.44. The van der Waals surface area contributed by atoms with Gasteiger partial charge in [0.05, 0.1) is 17.4 Å². The highest BCUT2D eigenvalue weighted by Gasteiger charge is 2.36. The lowest BCUT2D eigenvalue weighted by Crippen LogP contribution is -2.27. The van der Waals surface area contributed by atoms with E-state index in [9.17, 15) is 4.79 Å². The van der Waals surface area contributed by atoms with Gasteiger partial charge in [-0.1, -0.05) is 66.2 Å². The third kappa shape index (κ3) is 3.30. The van der Waals surface area contributed by atoms with E-state index < -0.39 is 0 Å². The second kappa shape index (κ2) is 7.49. The lowest BCUT2D eigenvalue weighted by molar-refractivity contribution is -0.116. The summed E-state index contributed by atoms with van der Waals surface area (Å²) in [7, 11) is 0. The van der Waals surface area contributed by atoms with Crippen molar-refractivity contribution in [3.05, 3.63) is 106 Å². The van der Waals surface area contributed by atoms with E-state index >= 15 is 0 Å². The van der Waals surface area contributed by atoms with E-state index in [0.717, 1.165) is 34.6 Å². The van der Waals surface area contributed by atoms with Crippen LogP contribution in [-0.2, 0) is 4.79 Å². The lowest BCUT2D eigenvalue weighted by atomic mass is 9.78. The van der Waals surface area contributed by atoms with E-state index in [1.807, 2.05) is 18.2 Å². The molecule has 150 valence electrons. The van der Waals surface area contributed by atoms with Crippen LogP contribution in [-0.4, -0.2) is 5.78 Å². The molecule has 30 heavy (non-hydrogen) atoms.